The zero-order valence-corrected chi connectivity index (χ0v) is 18.7. The maximum Gasteiger partial charge on any atom is 0.254 e. The van der Waals surface area contributed by atoms with Gasteiger partial charge in [-0.25, -0.2) is 0 Å². The summed E-state index contributed by atoms with van der Waals surface area (Å²) in [5.74, 6) is -0.512. The normalized spacial score (nSPS) is 14.8. The molecule has 2 aliphatic rings. The van der Waals surface area contributed by atoms with E-state index in [1.54, 1.807) is 23.1 Å². The lowest BCUT2D eigenvalue weighted by Gasteiger charge is -2.27. The number of fused-ring (bicyclic) bond motifs is 3. The summed E-state index contributed by atoms with van der Waals surface area (Å²) in [6.07, 6.45) is 0.587. The van der Waals surface area contributed by atoms with Gasteiger partial charge in [-0.2, -0.15) is 0 Å². The second-order valence-electron chi connectivity index (χ2n) is 7.99. The van der Waals surface area contributed by atoms with Gasteiger partial charge in [0, 0.05) is 39.8 Å². The number of halogens is 2. The van der Waals surface area contributed by atoms with Gasteiger partial charge in [0.2, 0.25) is 5.91 Å². The first-order valence-corrected chi connectivity index (χ1v) is 11.1. The summed E-state index contributed by atoms with van der Waals surface area (Å²) < 4.78 is 5.36. The average Bonchev–Trinajstić information content (AvgIpc) is 3.16. The highest BCUT2D eigenvalue weighted by atomic mass is 35.5. The van der Waals surface area contributed by atoms with Crippen LogP contribution in [-0.2, 0) is 11.2 Å². The SMILES string of the molecule is NC(=O)c1cc(-c2ccc(Cl)cc2Cl)cc2c1Cc1ccc(C(=O)N3CCOCC3)cc1-2. The van der Waals surface area contributed by atoms with Crippen LogP contribution in [0.4, 0.5) is 0 Å². The van der Waals surface area contributed by atoms with Crippen LogP contribution in [-0.4, -0.2) is 43.0 Å². The van der Waals surface area contributed by atoms with E-state index in [1.165, 1.54) is 0 Å². The quantitative estimate of drug-likeness (QED) is 0.471. The number of hydrogen-bond acceptors (Lipinski definition) is 3. The number of nitrogens with two attached hydrogens (primary N) is 1. The van der Waals surface area contributed by atoms with E-state index in [0.717, 1.165) is 33.4 Å². The number of primary amides is 1. The Bertz CT molecular complexity index is 1270. The minimum atomic E-state index is -0.495. The predicted octanol–water partition coefficient (Wildman–Crippen LogP) is 4.80. The van der Waals surface area contributed by atoms with E-state index in [1.807, 2.05) is 30.3 Å². The number of morpholine rings is 1. The van der Waals surface area contributed by atoms with Gasteiger partial charge in [0.1, 0.15) is 0 Å². The van der Waals surface area contributed by atoms with Crippen molar-refractivity contribution in [2.24, 2.45) is 5.73 Å². The molecule has 2 amide bonds. The molecule has 0 saturated carbocycles. The Kier molecular flexibility index (Phi) is 5.41. The number of ether oxygens (including phenoxy) is 1. The number of rotatable bonds is 3. The van der Waals surface area contributed by atoms with Crippen molar-refractivity contribution in [3.05, 3.63) is 80.8 Å². The Labute approximate surface area is 195 Å². The Morgan fingerprint density at radius 3 is 2.41 bits per heavy atom. The van der Waals surface area contributed by atoms with E-state index < -0.39 is 5.91 Å². The van der Waals surface area contributed by atoms with Gasteiger partial charge in [0.05, 0.1) is 13.2 Å². The van der Waals surface area contributed by atoms with Crippen LogP contribution in [0.2, 0.25) is 10.0 Å². The first kappa shape index (κ1) is 21.0. The van der Waals surface area contributed by atoms with Crippen LogP contribution in [0, 0.1) is 0 Å². The molecule has 1 saturated heterocycles. The fourth-order valence-electron chi connectivity index (χ4n) is 4.46. The highest BCUT2D eigenvalue weighted by Gasteiger charge is 2.27. The average molecular weight is 467 g/mol. The summed E-state index contributed by atoms with van der Waals surface area (Å²) >= 11 is 12.5. The van der Waals surface area contributed by atoms with Crippen LogP contribution in [0.1, 0.15) is 31.8 Å². The van der Waals surface area contributed by atoms with E-state index in [4.69, 9.17) is 33.7 Å². The largest absolute Gasteiger partial charge is 0.378 e. The molecule has 1 aliphatic carbocycles. The third-order valence-corrected chi connectivity index (χ3v) is 6.62. The first-order valence-electron chi connectivity index (χ1n) is 10.3. The van der Waals surface area contributed by atoms with Crippen LogP contribution in [0.3, 0.4) is 0 Å². The highest BCUT2D eigenvalue weighted by molar-refractivity contribution is 6.36. The molecule has 7 heteroatoms. The molecule has 0 bridgehead atoms. The van der Waals surface area contributed by atoms with E-state index in [2.05, 4.69) is 0 Å². The molecule has 162 valence electrons. The molecule has 0 aromatic heterocycles. The lowest BCUT2D eigenvalue weighted by molar-refractivity contribution is 0.0303. The maximum atomic E-state index is 13.0. The summed E-state index contributed by atoms with van der Waals surface area (Å²) in [7, 11) is 0. The second-order valence-corrected chi connectivity index (χ2v) is 8.84. The van der Waals surface area contributed by atoms with E-state index in [9.17, 15) is 9.59 Å². The van der Waals surface area contributed by atoms with Crippen molar-refractivity contribution in [3.8, 4) is 22.3 Å². The molecule has 0 atom stereocenters. The molecule has 0 unspecified atom stereocenters. The first-order chi connectivity index (χ1) is 15.4. The molecule has 32 heavy (non-hydrogen) atoms. The molecule has 0 radical (unpaired) electrons. The summed E-state index contributed by atoms with van der Waals surface area (Å²) in [5.41, 5.74) is 12.1. The van der Waals surface area contributed by atoms with Crippen molar-refractivity contribution >= 4 is 35.0 Å². The van der Waals surface area contributed by atoms with Gasteiger partial charge in [0.25, 0.3) is 5.91 Å². The maximum absolute atomic E-state index is 13.0. The molecule has 2 N–H and O–H groups in total. The van der Waals surface area contributed by atoms with Gasteiger partial charge < -0.3 is 15.4 Å². The highest BCUT2D eigenvalue weighted by Crippen LogP contribution is 2.43. The van der Waals surface area contributed by atoms with Crippen molar-refractivity contribution in [1.29, 1.82) is 0 Å². The Morgan fingerprint density at radius 2 is 1.69 bits per heavy atom. The summed E-state index contributed by atoms with van der Waals surface area (Å²) in [6, 6.07) is 14.8. The lowest BCUT2D eigenvalue weighted by atomic mass is 9.93. The molecular weight excluding hydrogens is 447 g/mol. The predicted molar refractivity (Wildman–Crippen MR) is 125 cm³/mol. The summed E-state index contributed by atoms with van der Waals surface area (Å²) in [6.45, 7) is 2.26. The third kappa shape index (κ3) is 3.66. The molecule has 5 nitrogen and oxygen atoms in total. The van der Waals surface area contributed by atoms with Gasteiger partial charge in [-0.15, -0.1) is 0 Å². The molecule has 1 heterocycles. The zero-order valence-electron chi connectivity index (χ0n) is 17.2. The van der Waals surface area contributed by atoms with E-state index in [0.29, 0.717) is 53.9 Å². The number of carbonyl (C=O) groups excluding carboxylic acids is 2. The number of hydrogen-bond donors (Lipinski definition) is 1. The topological polar surface area (TPSA) is 72.6 Å². The fraction of sp³-hybridized carbons (Fsp3) is 0.200. The van der Waals surface area contributed by atoms with Crippen molar-refractivity contribution in [2.75, 3.05) is 26.3 Å². The van der Waals surface area contributed by atoms with Gasteiger partial charge in [-0.05, 0) is 70.6 Å². The molecule has 3 aromatic carbocycles. The van der Waals surface area contributed by atoms with Gasteiger partial charge in [0.15, 0.2) is 0 Å². The molecule has 5 rings (SSSR count). The van der Waals surface area contributed by atoms with Gasteiger partial charge >= 0.3 is 0 Å². The number of nitrogens with zero attached hydrogens (tertiary/aromatic N) is 1. The van der Waals surface area contributed by atoms with Crippen molar-refractivity contribution < 1.29 is 14.3 Å². The molecule has 0 spiro atoms. The fourth-order valence-corrected chi connectivity index (χ4v) is 4.97. The van der Waals surface area contributed by atoms with Crippen LogP contribution in [0.15, 0.2) is 48.5 Å². The van der Waals surface area contributed by atoms with E-state index >= 15 is 0 Å². The monoisotopic (exact) mass is 466 g/mol. The van der Waals surface area contributed by atoms with Gasteiger partial charge in [-0.1, -0.05) is 35.3 Å². The third-order valence-electron chi connectivity index (χ3n) is 6.07. The second kappa shape index (κ2) is 8.24. The van der Waals surface area contributed by atoms with Crippen LogP contribution in [0.25, 0.3) is 22.3 Å². The summed E-state index contributed by atoms with van der Waals surface area (Å²) in [4.78, 5) is 27.1. The molecule has 1 aliphatic heterocycles. The van der Waals surface area contributed by atoms with Crippen molar-refractivity contribution in [3.63, 3.8) is 0 Å². The van der Waals surface area contributed by atoms with Crippen molar-refractivity contribution in [2.45, 2.75) is 6.42 Å². The Hall–Kier alpha value is -2.86. The van der Waals surface area contributed by atoms with Crippen LogP contribution < -0.4 is 5.73 Å². The van der Waals surface area contributed by atoms with E-state index in [-0.39, 0.29) is 5.91 Å². The minimum absolute atomic E-state index is 0.0171. The number of amides is 2. The number of benzene rings is 3. The lowest BCUT2D eigenvalue weighted by Crippen LogP contribution is -2.40. The van der Waals surface area contributed by atoms with Crippen molar-refractivity contribution in [1.82, 2.24) is 4.90 Å². The standard InChI is InChI=1S/C25H20Cl2N2O3/c26-17-3-4-18(23(27)13-17)16-11-20-19-10-15(25(31)29-5-7-32-8-6-29)2-1-14(19)9-21(20)22(12-16)24(28)30/h1-4,10-13H,5-9H2,(H2,28,30). The summed E-state index contributed by atoms with van der Waals surface area (Å²) in [5, 5.41) is 1.02. The number of carbonyl (C=O) groups is 2. The minimum Gasteiger partial charge on any atom is -0.378 e. The van der Waals surface area contributed by atoms with Gasteiger partial charge in [-0.3, -0.25) is 9.59 Å². The Balaban J connectivity index is 1.62. The molecule has 1 fully saturated rings. The molecule has 3 aromatic rings. The zero-order chi connectivity index (χ0) is 22.4. The van der Waals surface area contributed by atoms with Crippen LogP contribution >= 0.6 is 23.2 Å². The van der Waals surface area contributed by atoms with Crippen LogP contribution in [0.5, 0.6) is 0 Å². The Morgan fingerprint density at radius 1 is 0.906 bits per heavy atom. The smallest absolute Gasteiger partial charge is 0.254 e. The molecular formula is C25H20Cl2N2O3.